The zero-order valence-corrected chi connectivity index (χ0v) is 12.6. The van der Waals surface area contributed by atoms with Gasteiger partial charge in [-0.2, -0.15) is 0 Å². The monoisotopic (exact) mass is 274 g/mol. The number of nitrogens with zero attached hydrogens (tertiary/aromatic N) is 1. The van der Waals surface area contributed by atoms with Gasteiger partial charge >= 0.3 is 0 Å². The van der Waals surface area contributed by atoms with E-state index in [-0.39, 0.29) is 0 Å². The third-order valence-electron chi connectivity index (χ3n) is 4.94. The zero-order valence-electron chi connectivity index (χ0n) is 12.6. The predicted octanol–water partition coefficient (Wildman–Crippen LogP) is 2.22. The van der Waals surface area contributed by atoms with Gasteiger partial charge in [0.1, 0.15) is 5.75 Å². The van der Waals surface area contributed by atoms with Crippen molar-refractivity contribution in [3.8, 4) is 5.75 Å². The summed E-state index contributed by atoms with van der Waals surface area (Å²) >= 11 is 0. The first kappa shape index (κ1) is 13.9. The van der Waals surface area contributed by atoms with Crippen LogP contribution in [0.3, 0.4) is 0 Å². The van der Waals surface area contributed by atoms with Crippen molar-refractivity contribution in [3.63, 3.8) is 0 Å². The van der Waals surface area contributed by atoms with Crippen molar-refractivity contribution in [1.82, 2.24) is 4.90 Å². The molecule has 3 rings (SSSR count). The Bertz CT molecular complexity index is 474. The predicted molar refractivity (Wildman–Crippen MR) is 82.1 cm³/mol. The number of ether oxygens (including phenoxy) is 1. The molecule has 1 aromatic rings. The fraction of sp³-hybridized carbons (Fsp3) is 0.647. The number of piperidine rings is 1. The Labute approximate surface area is 122 Å². The van der Waals surface area contributed by atoms with Crippen LogP contribution in [0, 0.1) is 5.92 Å². The van der Waals surface area contributed by atoms with Crippen molar-refractivity contribution in [2.45, 2.75) is 44.7 Å². The topological polar surface area (TPSA) is 38.5 Å². The highest BCUT2D eigenvalue weighted by Gasteiger charge is 2.38. The number of hydrogen-bond donors (Lipinski definition) is 1. The minimum atomic E-state index is 0.332. The van der Waals surface area contributed by atoms with E-state index in [0.717, 1.165) is 31.6 Å². The maximum atomic E-state index is 6.28. The molecule has 3 nitrogen and oxygen atoms in total. The van der Waals surface area contributed by atoms with E-state index in [4.69, 9.17) is 10.5 Å². The van der Waals surface area contributed by atoms with Crippen molar-refractivity contribution in [2.75, 3.05) is 20.2 Å². The largest absolute Gasteiger partial charge is 0.496 e. The van der Waals surface area contributed by atoms with E-state index in [1.807, 2.05) is 0 Å². The van der Waals surface area contributed by atoms with Crippen LogP contribution in [0.2, 0.25) is 0 Å². The molecule has 2 N–H and O–H groups in total. The van der Waals surface area contributed by atoms with Gasteiger partial charge in [0.15, 0.2) is 0 Å². The van der Waals surface area contributed by atoms with E-state index in [0.29, 0.717) is 18.0 Å². The van der Waals surface area contributed by atoms with Crippen molar-refractivity contribution < 1.29 is 4.74 Å². The molecule has 1 aliphatic carbocycles. The normalized spacial score (nSPS) is 29.6. The molecule has 1 aliphatic heterocycles. The van der Waals surface area contributed by atoms with Gasteiger partial charge in [0.2, 0.25) is 0 Å². The van der Waals surface area contributed by atoms with Crippen LogP contribution < -0.4 is 10.5 Å². The van der Waals surface area contributed by atoms with Crippen molar-refractivity contribution >= 4 is 0 Å². The molecule has 0 saturated carbocycles. The van der Waals surface area contributed by atoms with Crippen LogP contribution in [-0.4, -0.2) is 37.2 Å². The Hall–Kier alpha value is -1.06. The second-order valence-electron chi connectivity index (χ2n) is 6.32. The molecule has 0 radical (unpaired) electrons. The molecule has 3 atom stereocenters. The van der Waals surface area contributed by atoms with Crippen molar-refractivity contribution in [1.29, 1.82) is 0 Å². The van der Waals surface area contributed by atoms with Gasteiger partial charge in [-0.05, 0) is 55.3 Å². The van der Waals surface area contributed by atoms with Crippen molar-refractivity contribution in [3.05, 3.63) is 29.3 Å². The Morgan fingerprint density at radius 3 is 2.95 bits per heavy atom. The van der Waals surface area contributed by atoms with Gasteiger partial charge in [-0.15, -0.1) is 0 Å². The molecule has 0 aromatic heterocycles. The number of rotatable bonds is 3. The number of hydrogen-bond acceptors (Lipinski definition) is 3. The third-order valence-corrected chi connectivity index (χ3v) is 4.94. The molecular formula is C17H26N2O. The highest BCUT2D eigenvalue weighted by Crippen LogP contribution is 2.38. The van der Waals surface area contributed by atoms with Crippen LogP contribution in [0.5, 0.6) is 5.75 Å². The summed E-state index contributed by atoms with van der Waals surface area (Å²) in [6, 6.07) is 7.49. The highest BCUT2D eigenvalue weighted by atomic mass is 16.5. The minimum Gasteiger partial charge on any atom is -0.496 e. The van der Waals surface area contributed by atoms with Crippen LogP contribution >= 0.6 is 0 Å². The molecule has 110 valence electrons. The van der Waals surface area contributed by atoms with Crippen LogP contribution in [0.1, 0.15) is 30.9 Å². The average molecular weight is 274 g/mol. The molecule has 0 unspecified atom stereocenters. The van der Waals surface area contributed by atoms with Gasteiger partial charge in [0.25, 0.3) is 0 Å². The van der Waals surface area contributed by atoms with Crippen LogP contribution in [-0.2, 0) is 12.8 Å². The fourth-order valence-corrected chi connectivity index (χ4v) is 4.13. The lowest BCUT2D eigenvalue weighted by Gasteiger charge is -2.47. The molecule has 0 amide bonds. The number of fused-ring (bicyclic) bond motifs is 2. The van der Waals surface area contributed by atoms with Crippen LogP contribution in [0.25, 0.3) is 0 Å². The smallest absolute Gasteiger partial charge is 0.122 e. The first-order valence-electron chi connectivity index (χ1n) is 7.87. The van der Waals surface area contributed by atoms with E-state index >= 15 is 0 Å². The summed E-state index contributed by atoms with van der Waals surface area (Å²) in [4.78, 5) is 2.63. The van der Waals surface area contributed by atoms with Gasteiger partial charge in [-0.1, -0.05) is 19.1 Å². The lowest BCUT2D eigenvalue weighted by Crippen LogP contribution is -2.56. The summed E-state index contributed by atoms with van der Waals surface area (Å²) in [5.74, 6) is 1.75. The molecular weight excluding hydrogens is 248 g/mol. The highest BCUT2D eigenvalue weighted by molar-refractivity contribution is 5.43. The Balaban J connectivity index is 1.89. The summed E-state index contributed by atoms with van der Waals surface area (Å²) in [5, 5.41) is 0. The third kappa shape index (κ3) is 2.45. The first-order chi connectivity index (χ1) is 9.72. The Morgan fingerprint density at radius 2 is 2.20 bits per heavy atom. The lowest BCUT2D eigenvalue weighted by molar-refractivity contribution is 0.0724. The molecule has 0 spiro atoms. The SMILES string of the molecule is CCCN1C[C@@H](N)C[C@@H]2Cc3c(cccc3OC)C[C@H]21. The van der Waals surface area contributed by atoms with Gasteiger partial charge in [-0.25, -0.2) is 0 Å². The summed E-state index contributed by atoms with van der Waals surface area (Å²) in [6.07, 6.45) is 4.64. The standard InChI is InChI=1S/C17H26N2O/c1-3-7-19-11-14(18)8-13-9-15-12(10-16(13)19)5-4-6-17(15)20-2/h4-6,13-14,16H,3,7-11,18H2,1-2H3/t13-,14+,16-/m1/s1. The minimum absolute atomic E-state index is 0.332. The summed E-state index contributed by atoms with van der Waals surface area (Å²) in [6.45, 7) is 4.50. The van der Waals surface area contributed by atoms with E-state index in [1.165, 1.54) is 24.1 Å². The number of methoxy groups -OCH3 is 1. The maximum Gasteiger partial charge on any atom is 0.122 e. The van der Waals surface area contributed by atoms with Crippen LogP contribution in [0.4, 0.5) is 0 Å². The first-order valence-corrected chi connectivity index (χ1v) is 7.87. The number of benzene rings is 1. The summed E-state index contributed by atoms with van der Waals surface area (Å²) in [7, 11) is 1.78. The fourth-order valence-electron chi connectivity index (χ4n) is 4.13. The number of likely N-dealkylation sites (tertiary alicyclic amines) is 1. The molecule has 0 bridgehead atoms. The summed E-state index contributed by atoms with van der Waals surface area (Å²) in [5.41, 5.74) is 9.17. The molecule has 20 heavy (non-hydrogen) atoms. The molecule has 1 saturated heterocycles. The Morgan fingerprint density at radius 1 is 1.35 bits per heavy atom. The van der Waals surface area contributed by atoms with Gasteiger partial charge < -0.3 is 10.5 Å². The second-order valence-corrected chi connectivity index (χ2v) is 6.32. The van der Waals surface area contributed by atoms with Crippen molar-refractivity contribution in [2.24, 2.45) is 11.7 Å². The van der Waals surface area contributed by atoms with Gasteiger partial charge in [0.05, 0.1) is 7.11 Å². The van der Waals surface area contributed by atoms with E-state index < -0.39 is 0 Å². The molecule has 3 heteroatoms. The molecule has 2 aliphatic rings. The number of nitrogens with two attached hydrogens (primary N) is 1. The second kappa shape index (κ2) is 5.74. The lowest BCUT2D eigenvalue weighted by atomic mass is 9.74. The Kier molecular flexibility index (Phi) is 3.99. The van der Waals surface area contributed by atoms with Gasteiger partial charge in [-0.3, -0.25) is 4.90 Å². The quantitative estimate of drug-likeness (QED) is 0.918. The van der Waals surface area contributed by atoms with Gasteiger partial charge in [0, 0.05) is 18.6 Å². The maximum absolute atomic E-state index is 6.28. The average Bonchev–Trinajstić information content (AvgIpc) is 2.45. The van der Waals surface area contributed by atoms with E-state index in [2.05, 4.69) is 30.0 Å². The molecule has 1 fully saturated rings. The molecule has 1 heterocycles. The van der Waals surface area contributed by atoms with Crippen LogP contribution in [0.15, 0.2) is 18.2 Å². The molecule has 1 aromatic carbocycles. The van der Waals surface area contributed by atoms with E-state index in [9.17, 15) is 0 Å². The summed E-state index contributed by atoms with van der Waals surface area (Å²) < 4.78 is 5.55. The zero-order chi connectivity index (χ0) is 14.1. The van der Waals surface area contributed by atoms with E-state index in [1.54, 1.807) is 7.11 Å².